The van der Waals surface area contributed by atoms with Crippen molar-refractivity contribution in [2.75, 3.05) is 12.8 Å². The molecular weight excluding hydrogens is 248 g/mol. The Labute approximate surface area is 109 Å². The third-order valence-corrected chi connectivity index (χ3v) is 2.48. The minimum absolute atomic E-state index is 0.271. The van der Waals surface area contributed by atoms with E-state index in [1.54, 1.807) is 25.4 Å². The van der Waals surface area contributed by atoms with Crippen LogP contribution in [0.5, 0.6) is 17.4 Å². The number of methoxy groups -OCH3 is 1. The van der Waals surface area contributed by atoms with Crippen molar-refractivity contribution in [2.24, 2.45) is 12.8 Å². The lowest BCUT2D eigenvalue weighted by molar-refractivity contribution is 0.1000. The number of benzene rings is 1. The molecule has 0 unspecified atom stereocenters. The third-order valence-electron chi connectivity index (χ3n) is 2.48. The molecule has 0 radical (unpaired) electrons. The van der Waals surface area contributed by atoms with Crippen LogP contribution < -0.4 is 20.9 Å². The highest BCUT2D eigenvalue weighted by Gasteiger charge is 2.13. The first-order valence-electron chi connectivity index (χ1n) is 5.46. The zero-order valence-corrected chi connectivity index (χ0v) is 10.6. The maximum Gasteiger partial charge on any atom is 0.261 e. The Balaban J connectivity index is 2.34. The van der Waals surface area contributed by atoms with Gasteiger partial charge in [0.15, 0.2) is 11.5 Å². The fraction of sp³-hybridized carbons (Fsp3) is 0.167. The Morgan fingerprint density at radius 3 is 2.63 bits per heavy atom. The van der Waals surface area contributed by atoms with Crippen LogP contribution in [0.3, 0.4) is 0 Å². The zero-order valence-electron chi connectivity index (χ0n) is 10.6. The fourth-order valence-corrected chi connectivity index (χ4v) is 1.58. The van der Waals surface area contributed by atoms with Crippen LogP contribution in [-0.4, -0.2) is 22.8 Å². The number of carbonyl (C=O) groups excluding carboxylic acids is 1. The molecular formula is C12H14N4O3. The Hall–Kier alpha value is -2.70. The van der Waals surface area contributed by atoms with E-state index < -0.39 is 5.91 Å². The molecule has 1 heterocycles. The average molecular weight is 262 g/mol. The van der Waals surface area contributed by atoms with Crippen molar-refractivity contribution in [3.63, 3.8) is 0 Å². The molecule has 19 heavy (non-hydrogen) atoms. The lowest BCUT2D eigenvalue weighted by atomic mass is 10.2. The summed E-state index contributed by atoms with van der Waals surface area (Å²) in [5.41, 5.74) is 11.7. The molecule has 4 N–H and O–H groups in total. The summed E-state index contributed by atoms with van der Waals surface area (Å²) in [6.07, 6.45) is 1.62. The van der Waals surface area contributed by atoms with Gasteiger partial charge in [-0.1, -0.05) is 0 Å². The molecule has 0 saturated carbocycles. The summed E-state index contributed by atoms with van der Waals surface area (Å²) in [5.74, 6) is 0.508. The quantitative estimate of drug-likeness (QED) is 0.851. The first-order valence-corrected chi connectivity index (χ1v) is 5.46. The molecule has 2 rings (SSSR count). The van der Waals surface area contributed by atoms with Crippen molar-refractivity contribution >= 4 is 11.6 Å². The van der Waals surface area contributed by atoms with Gasteiger partial charge in [-0.15, -0.1) is 5.10 Å². The summed E-state index contributed by atoms with van der Waals surface area (Å²) in [5, 5.41) is 4.06. The van der Waals surface area contributed by atoms with Gasteiger partial charge >= 0.3 is 0 Å². The maximum atomic E-state index is 11.1. The normalized spacial score (nSPS) is 10.2. The van der Waals surface area contributed by atoms with Gasteiger partial charge in [-0.05, 0) is 18.2 Å². The molecule has 1 amide bonds. The van der Waals surface area contributed by atoms with Gasteiger partial charge in [-0.3, -0.25) is 9.48 Å². The standard InChI is InChI=1S/C12H14N4O3/c1-16-6-8(13)12(15-16)19-9-4-3-7(11(14)17)5-10(9)18-2/h3-6H,13H2,1-2H3,(H2,14,17). The van der Waals surface area contributed by atoms with E-state index in [-0.39, 0.29) is 5.88 Å². The molecule has 7 heteroatoms. The van der Waals surface area contributed by atoms with Crippen molar-refractivity contribution in [2.45, 2.75) is 0 Å². The van der Waals surface area contributed by atoms with Crippen LogP contribution in [0.2, 0.25) is 0 Å². The van der Waals surface area contributed by atoms with E-state index >= 15 is 0 Å². The number of carbonyl (C=O) groups is 1. The lowest BCUT2D eigenvalue weighted by Gasteiger charge is -2.09. The third kappa shape index (κ3) is 2.59. The van der Waals surface area contributed by atoms with Crippen LogP contribution in [0, 0.1) is 0 Å². The van der Waals surface area contributed by atoms with Crippen LogP contribution in [0.4, 0.5) is 5.69 Å². The van der Waals surface area contributed by atoms with Gasteiger partial charge in [0, 0.05) is 12.6 Å². The largest absolute Gasteiger partial charge is 0.493 e. The fourth-order valence-electron chi connectivity index (χ4n) is 1.58. The molecule has 0 atom stereocenters. The minimum Gasteiger partial charge on any atom is -0.493 e. The number of nitrogens with two attached hydrogens (primary N) is 2. The van der Waals surface area contributed by atoms with Crippen LogP contribution in [0.15, 0.2) is 24.4 Å². The molecule has 0 saturated heterocycles. The second-order valence-corrected chi connectivity index (χ2v) is 3.90. The molecule has 0 aliphatic carbocycles. The van der Waals surface area contributed by atoms with Crippen molar-refractivity contribution in [1.29, 1.82) is 0 Å². The van der Waals surface area contributed by atoms with Crippen LogP contribution >= 0.6 is 0 Å². The van der Waals surface area contributed by atoms with Crippen molar-refractivity contribution < 1.29 is 14.3 Å². The number of aromatic nitrogens is 2. The SMILES string of the molecule is COc1cc(C(N)=O)ccc1Oc1nn(C)cc1N. The van der Waals surface area contributed by atoms with Crippen molar-refractivity contribution in [3.8, 4) is 17.4 Å². The Bertz CT molecular complexity index is 621. The molecule has 2 aromatic rings. The van der Waals surface area contributed by atoms with Gasteiger partial charge in [-0.2, -0.15) is 0 Å². The van der Waals surface area contributed by atoms with Crippen molar-refractivity contribution in [3.05, 3.63) is 30.0 Å². The smallest absolute Gasteiger partial charge is 0.261 e. The Morgan fingerprint density at radius 2 is 2.11 bits per heavy atom. The van der Waals surface area contributed by atoms with Crippen LogP contribution in [0.1, 0.15) is 10.4 Å². The summed E-state index contributed by atoms with van der Waals surface area (Å²) >= 11 is 0. The average Bonchev–Trinajstić information content (AvgIpc) is 2.68. The second-order valence-electron chi connectivity index (χ2n) is 3.90. The van der Waals surface area contributed by atoms with Gasteiger partial charge < -0.3 is 20.9 Å². The predicted octanol–water partition coefficient (Wildman–Crippen LogP) is 0.902. The van der Waals surface area contributed by atoms with E-state index in [2.05, 4.69) is 5.10 Å². The van der Waals surface area contributed by atoms with E-state index in [1.165, 1.54) is 17.9 Å². The summed E-state index contributed by atoms with van der Waals surface area (Å²) in [7, 11) is 3.20. The zero-order chi connectivity index (χ0) is 14.0. The summed E-state index contributed by atoms with van der Waals surface area (Å²) < 4.78 is 12.2. The highest BCUT2D eigenvalue weighted by Crippen LogP contribution is 2.33. The Kier molecular flexibility index (Phi) is 3.28. The van der Waals surface area contributed by atoms with Gasteiger partial charge in [-0.25, -0.2) is 0 Å². The van der Waals surface area contributed by atoms with Gasteiger partial charge in [0.25, 0.3) is 5.88 Å². The van der Waals surface area contributed by atoms with Crippen LogP contribution in [0.25, 0.3) is 0 Å². The summed E-state index contributed by atoms with van der Waals surface area (Å²) in [4.78, 5) is 11.1. The molecule has 7 nitrogen and oxygen atoms in total. The molecule has 1 aromatic carbocycles. The van der Waals surface area contributed by atoms with Crippen LogP contribution in [-0.2, 0) is 7.05 Å². The highest BCUT2D eigenvalue weighted by molar-refractivity contribution is 5.93. The number of ether oxygens (including phenoxy) is 2. The number of aryl methyl sites for hydroxylation is 1. The number of anilines is 1. The summed E-state index contributed by atoms with van der Waals surface area (Å²) in [6.45, 7) is 0. The number of nitrogen functional groups attached to an aromatic ring is 1. The van der Waals surface area contributed by atoms with Gasteiger partial charge in [0.1, 0.15) is 5.69 Å². The topological polar surface area (TPSA) is 105 Å². The molecule has 100 valence electrons. The molecule has 0 aliphatic heterocycles. The second kappa shape index (κ2) is 4.89. The molecule has 0 aliphatic rings. The number of hydrogen-bond donors (Lipinski definition) is 2. The minimum atomic E-state index is -0.540. The lowest BCUT2D eigenvalue weighted by Crippen LogP contribution is -2.10. The molecule has 0 fully saturated rings. The van der Waals surface area contributed by atoms with E-state index in [4.69, 9.17) is 20.9 Å². The van der Waals surface area contributed by atoms with Crippen molar-refractivity contribution in [1.82, 2.24) is 9.78 Å². The first kappa shape index (κ1) is 12.7. The molecule has 0 bridgehead atoms. The number of amides is 1. The Morgan fingerprint density at radius 1 is 1.37 bits per heavy atom. The maximum absolute atomic E-state index is 11.1. The molecule has 1 aromatic heterocycles. The van der Waals surface area contributed by atoms with E-state index in [0.717, 1.165) is 0 Å². The van der Waals surface area contributed by atoms with E-state index in [1.807, 2.05) is 0 Å². The molecule has 0 spiro atoms. The van der Waals surface area contributed by atoms with E-state index in [0.29, 0.717) is 22.7 Å². The summed E-state index contributed by atoms with van der Waals surface area (Å²) in [6, 6.07) is 4.61. The van der Waals surface area contributed by atoms with Gasteiger partial charge in [0.05, 0.1) is 13.3 Å². The monoisotopic (exact) mass is 262 g/mol. The predicted molar refractivity (Wildman–Crippen MR) is 69.2 cm³/mol. The van der Waals surface area contributed by atoms with E-state index in [9.17, 15) is 4.79 Å². The highest BCUT2D eigenvalue weighted by atomic mass is 16.5. The number of hydrogen-bond acceptors (Lipinski definition) is 5. The number of rotatable bonds is 4. The number of primary amides is 1. The first-order chi connectivity index (χ1) is 9.01. The van der Waals surface area contributed by atoms with Gasteiger partial charge in [0.2, 0.25) is 5.91 Å². The number of nitrogens with zero attached hydrogens (tertiary/aromatic N) is 2.